The molecular weight excluding hydrogens is 372 g/mol. The van der Waals surface area contributed by atoms with E-state index in [9.17, 15) is 4.79 Å². The first-order valence-electron chi connectivity index (χ1n) is 9.10. The lowest BCUT2D eigenvalue weighted by Gasteiger charge is -2.17. The van der Waals surface area contributed by atoms with E-state index >= 15 is 0 Å². The van der Waals surface area contributed by atoms with E-state index in [1.807, 2.05) is 36.4 Å². The van der Waals surface area contributed by atoms with Gasteiger partial charge in [0.2, 0.25) is 11.9 Å². The van der Waals surface area contributed by atoms with Gasteiger partial charge in [-0.1, -0.05) is 42.1 Å². The van der Waals surface area contributed by atoms with Crippen molar-refractivity contribution >= 4 is 23.6 Å². The van der Waals surface area contributed by atoms with Crippen LogP contribution in [0.1, 0.15) is 6.42 Å². The molecule has 4 rings (SSSR count). The molecule has 1 aliphatic heterocycles. The summed E-state index contributed by atoms with van der Waals surface area (Å²) in [6, 6.07) is 13.8. The minimum atomic E-state index is -0.0109. The second-order valence-electron chi connectivity index (χ2n) is 6.43. The highest BCUT2D eigenvalue weighted by atomic mass is 32.2. The Hall–Kier alpha value is -3.00. The van der Waals surface area contributed by atoms with Gasteiger partial charge in [0.1, 0.15) is 0 Å². The van der Waals surface area contributed by atoms with Crippen LogP contribution in [0.5, 0.6) is 0 Å². The van der Waals surface area contributed by atoms with Gasteiger partial charge in [0, 0.05) is 43.3 Å². The fourth-order valence-electron chi connectivity index (χ4n) is 3.09. The van der Waals surface area contributed by atoms with Gasteiger partial charge < -0.3 is 10.2 Å². The molecular formula is C20H20N6OS. The Labute approximate surface area is 167 Å². The van der Waals surface area contributed by atoms with Crippen LogP contribution in [0.4, 0.5) is 5.95 Å². The Morgan fingerprint density at radius 2 is 1.89 bits per heavy atom. The molecule has 0 saturated carbocycles. The number of hydrogen-bond donors (Lipinski definition) is 1. The number of hydrogen-bond acceptors (Lipinski definition) is 7. The number of nitrogens with zero attached hydrogens (tertiary/aromatic N) is 5. The molecule has 28 heavy (non-hydrogen) atoms. The van der Waals surface area contributed by atoms with Crippen molar-refractivity contribution in [2.75, 3.05) is 23.7 Å². The molecule has 8 heteroatoms. The summed E-state index contributed by atoms with van der Waals surface area (Å²) in [4.78, 5) is 31.7. The van der Waals surface area contributed by atoms with Crippen LogP contribution in [-0.4, -0.2) is 50.7 Å². The summed E-state index contributed by atoms with van der Waals surface area (Å²) in [5.41, 5.74) is 1.97. The maximum Gasteiger partial charge on any atom is 0.230 e. The lowest BCUT2D eigenvalue weighted by molar-refractivity contribution is -0.119. The molecule has 142 valence electrons. The first-order chi connectivity index (χ1) is 13.8. The Bertz CT molecular complexity index is 924. The Morgan fingerprint density at radius 1 is 1.07 bits per heavy atom. The van der Waals surface area contributed by atoms with Crippen molar-refractivity contribution in [1.82, 2.24) is 25.3 Å². The SMILES string of the molecule is O=C(CSc1ncccn1)NC1CCN(c2nccc(-c3ccccc3)n2)C1. The second kappa shape index (κ2) is 8.79. The highest BCUT2D eigenvalue weighted by Gasteiger charge is 2.25. The van der Waals surface area contributed by atoms with Crippen molar-refractivity contribution in [1.29, 1.82) is 0 Å². The van der Waals surface area contributed by atoms with Crippen molar-refractivity contribution in [3.05, 3.63) is 61.1 Å². The standard InChI is InChI=1S/C20H20N6OS/c27-18(14-28-20-22-9-4-10-23-20)24-16-8-12-26(13-16)19-21-11-7-17(25-19)15-5-2-1-3-6-15/h1-7,9-11,16H,8,12-14H2,(H,24,27). The summed E-state index contributed by atoms with van der Waals surface area (Å²) in [5.74, 6) is 0.994. The van der Waals surface area contributed by atoms with Gasteiger partial charge in [-0.15, -0.1) is 0 Å². The average molecular weight is 392 g/mol. The van der Waals surface area contributed by atoms with Crippen LogP contribution in [0.25, 0.3) is 11.3 Å². The normalized spacial score (nSPS) is 16.1. The monoisotopic (exact) mass is 392 g/mol. The van der Waals surface area contributed by atoms with Gasteiger partial charge in [0.25, 0.3) is 0 Å². The molecule has 0 aliphatic carbocycles. The van der Waals surface area contributed by atoms with E-state index in [-0.39, 0.29) is 11.9 Å². The predicted molar refractivity (Wildman–Crippen MR) is 109 cm³/mol. The van der Waals surface area contributed by atoms with Crippen molar-refractivity contribution < 1.29 is 4.79 Å². The van der Waals surface area contributed by atoms with Crippen molar-refractivity contribution in [3.8, 4) is 11.3 Å². The number of carbonyl (C=O) groups excluding carboxylic acids is 1. The van der Waals surface area contributed by atoms with Gasteiger partial charge in [-0.25, -0.2) is 19.9 Å². The van der Waals surface area contributed by atoms with Crippen LogP contribution in [0, 0.1) is 0 Å². The fraction of sp³-hybridized carbons (Fsp3) is 0.250. The molecule has 1 aliphatic rings. The van der Waals surface area contributed by atoms with Crippen molar-refractivity contribution in [3.63, 3.8) is 0 Å². The predicted octanol–water partition coefficient (Wildman–Crippen LogP) is 2.42. The topological polar surface area (TPSA) is 83.9 Å². The third-order valence-electron chi connectivity index (χ3n) is 4.42. The molecule has 1 saturated heterocycles. The number of benzene rings is 1. The summed E-state index contributed by atoms with van der Waals surface area (Å²) in [7, 11) is 0. The van der Waals surface area contributed by atoms with Crippen LogP contribution in [0.15, 0.2) is 66.2 Å². The molecule has 1 unspecified atom stereocenters. The fourth-order valence-corrected chi connectivity index (χ4v) is 3.70. The molecule has 2 aromatic heterocycles. The molecule has 7 nitrogen and oxygen atoms in total. The Balaban J connectivity index is 1.32. The maximum absolute atomic E-state index is 12.2. The second-order valence-corrected chi connectivity index (χ2v) is 7.37. The smallest absolute Gasteiger partial charge is 0.230 e. The van der Waals surface area contributed by atoms with E-state index in [1.54, 1.807) is 24.7 Å². The number of anilines is 1. The molecule has 1 aromatic carbocycles. The summed E-state index contributed by atoms with van der Waals surface area (Å²) in [6.45, 7) is 1.52. The zero-order chi connectivity index (χ0) is 19.2. The molecule has 1 fully saturated rings. The highest BCUT2D eigenvalue weighted by Crippen LogP contribution is 2.21. The zero-order valence-electron chi connectivity index (χ0n) is 15.2. The van der Waals surface area contributed by atoms with E-state index in [0.29, 0.717) is 23.4 Å². The third kappa shape index (κ3) is 4.64. The van der Waals surface area contributed by atoms with Gasteiger partial charge in [0.05, 0.1) is 11.4 Å². The van der Waals surface area contributed by atoms with Crippen LogP contribution in [-0.2, 0) is 4.79 Å². The molecule has 0 radical (unpaired) electrons. The molecule has 3 heterocycles. The van der Waals surface area contributed by atoms with Gasteiger partial charge in [0.15, 0.2) is 5.16 Å². The average Bonchev–Trinajstić information content (AvgIpc) is 3.22. The van der Waals surface area contributed by atoms with Crippen LogP contribution in [0.2, 0.25) is 0 Å². The molecule has 0 spiro atoms. The maximum atomic E-state index is 12.2. The highest BCUT2D eigenvalue weighted by molar-refractivity contribution is 7.99. The van der Waals surface area contributed by atoms with Gasteiger partial charge in [-0.2, -0.15) is 0 Å². The number of rotatable bonds is 6. The van der Waals surface area contributed by atoms with E-state index in [1.165, 1.54) is 11.8 Å². The zero-order valence-corrected chi connectivity index (χ0v) is 16.0. The largest absolute Gasteiger partial charge is 0.351 e. The first kappa shape index (κ1) is 18.4. The summed E-state index contributed by atoms with van der Waals surface area (Å²) in [6.07, 6.45) is 6.00. The lowest BCUT2D eigenvalue weighted by Crippen LogP contribution is -2.38. The van der Waals surface area contributed by atoms with E-state index < -0.39 is 0 Å². The Kier molecular flexibility index (Phi) is 5.77. The molecule has 1 N–H and O–H groups in total. The van der Waals surface area contributed by atoms with Crippen molar-refractivity contribution in [2.24, 2.45) is 0 Å². The summed E-state index contributed by atoms with van der Waals surface area (Å²) >= 11 is 1.34. The van der Waals surface area contributed by atoms with Gasteiger partial charge in [-0.3, -0.25) is 4.79 Å². The van der Waals surface area contributed by atoms with Crippen LogP contribution >= 0.6 is 11.8 Å². The lowest BCUT2D eigenvalue weighted by atomic mass is 10.1. The van der Waals surface area contributed by atoms with Gasteiger partial charge >= 0.3 is 0 Å². The summed E-state index contributed by atoms with van der Waals surface area (Å²) < 4.78 is 0. The first-order valence-corrected chi connectivity index (χ1v) is 10.1. The van der Waals surface area contributed by atoms with E-state index in [0.717, 1.165) is 24.2 Å². The quantitative estimate of drug-likeness (QED) is 0.509. The number of aromatic nitrogens is 4. The van der Waals surface area contributed by atoms with Crippen LogP contribution < -0.4 is 10.2 Å². The number of thioether (sulfide) groups is 1. The third-order valence-corrected chi connectivity index (χ3v) is 5.30. The molecule has 0 bridgehead atoms. The van der Waals surface area contributed by atoms with Gasteiger partial charge in [-0.05, 0) is 18.6 Å². The minimum Gasteiger partial charge on any atom is -0.351 e. The summed E-state index contributed by atoms with van der Waals surface area (Å²) in [5, 5.41) is 3.69. The number of nitrogens with one attached hydrogen (secondary N) is 1. The molecule has 1 atom stereocenters. The number of amides is 1. The Morgan fingerprint density at radius 3 is 2.71 bits per heavy atom. The molecule has 3 aromatic rings. The van der Waals surface area contributed by atoms with Crippen LogP contribution in [0.3, 0.4) is 0 Å². The van der Waals surface area contributed by atoms with Crippen molar-refractivity contribution in [2.45, 2.75) is 17.6 Å². The van der Waals surface area contributed by atoms with E-state index in [2.05, 4.69) is 25.2 Å². The minimum absolute atomic E-state index is 0.0109. The number of carbonyl (C=O) groups is 1. The molecule has 1 amide bonds. The van der Waals surface area contributed by atoms with E-state index in [4.69, 9.17) is 4.98 Å².